The van der Waals surface area contributed by atoms with Crippen LogP contribution in [0.25, 0.3) is 0 Å². The largest absolute Gasteiger partial charge is 0.398 e. The number of hydrogen-bond acceptors (Lipinski definition) is 0. The molecule has 3 heteroatoms. The molecule has 0 aliphatic heterocycles. The Bertz CT molecular complexity index is 172. The summed E-state index contributed by atoms with van der Waals surface area (Å²) in [7, 11) is 1.96. The van der Waals surface area contributed by atoms with Gasteiger partial charge in [-0.2, -0.15) is 0 Å². The van der Waals surface area contributed by atoms with Crippen molar-refractivity contribution in [1.82, 2.24) is 0 Å². The second kappa shape index (κ2) is 2.27. The molecule has 0 N–H and O–H groups in total. The number of halogens is 1. The fraction of sp³-hybridized carbons (Fsp3) is 0.200. The summed E-state index contributed by atoms with van der Waals surface area (Å²) in [5.41, 5.74) is 0. The molecule has 0 fully saturated rings. The van der Waals surface area contributed by atoms with Crippen molar-refractivity contribution >= 4 is 17.2 Å². The van der Waals surface area contributed by atoms with Crippen molar-refractivity contribution in [3.8, 4) is 0 Å². The van der Waals surface area contributed by atoms with Crippen molar-refractivity contribution in [1.29, 1.82) is 0 Å². The molecule has 0 spiro atoms. The van der Waals surface area contributed by atoms with Crippen LogP contribution in [0.4, 0.5) is 0 Å². The molecule has 1 aromatic rings. The Morgan fingerprint density at radius 1 is 1.62 bits per heavy atom. The lowest BCUT2D eigenvalue weighted by Crippen LogP contribution is -2.28. The normalized spacial score (nSPS) is 9.25. The van der Waals surface area contributed by atoms with Gasteiger partial charge in [-0.1, -0.05) is 0 Å². The summed E-state index contributed by atoms with van der Waals surface area (Å²) in [6, 6.07) is 1.94. The standard InChI is InChI=1S/C5H7BClN/c1-8-4-2-3-6(7)5-8/h2-5H,1H3. The van der Waals surface area contributed by atoms with Gasteiger partial charge in [-0.25, -0.2) is 10.5 Å². The maximum Gasteiger partial charge on any atom is 0.161 e. The highest BCUT2D eigenvalue weighted by Crippen LogP contribution is 1.80. The number of aryl methyl sites for hydroxylation is 1. The molecule has 1 rings (SSSR count). The highest BCUT2D eigenvalue weighted by atomic mass is 35.5. The smallest absolute Gasteiger partial charge is 0.161 e. The van der Waals surface area contributed by atoms with Crippen LogP contribution in [0.1, 0.15) is 0 Å². The van der Waals surface area contributed by atoms with Gasteiger partial charge in [-0.3, -0.25) is 0 Å². The van der Waals surface area contributed by atoms with E-state index in [4.69, 9.17) is 11.5 Å². The maximum atomic E-state index is 5.71. The van der Waals surface area contributed by atoms with Crippen LogP contribution in [-0.2, 0) is 7.05 Å². The predicted molar refractivity (Wildman–Crippen MR) is 34.8 cm³/mol. The molecule has 0 radical (unpaired) electrons. The molecule has 8 heavy (non-hydrogen) atoms. The Balaban J connectivity index is 3.08. The van der Waals surface area contributed by atoms with Crippen LogP contribution in [0.15, 0.2) is 24.3 Å². The Labute approximate surface area is 53.9 Å². The van der Waals surface area contributed by atoms with E-state index in [1.807, 2.05) is 35.9 Å². The van der Waals surface area contributed by atoms with Crippen LogP contribution < -0.4 is 4.57 Å². The van der Waals surface area contributed by atoms with Crippen molar-refractivity contribution in [2.24, 2.45) is 7.05 Å². The van der Waals surface area contributed by atoms with Crippen LogP contribution in [-0.4, -0.2) is 5.76 Å². The summed E-state index contributed by atoms with van der Waals surface area (Å²) in [4.78, 5) is 0. The minimum absolute atomic E-state index is 0.0741. The molecule has 0 amide bonds. The Hall–Kier alpha value is -0.365. The van der Waals surface area contributed by atoms with Crippen molar-refractivity contribution in [2.75, 3.05) is 0 Å². The van der Waals surface area contributed by atoms with Crippen LogP contribution in [0.2, 0.25) is 0 Å². The third-order valence-electron chi connectivity index (χ3n) is 0.994. The van der Waals surface area contributed by atoms with Gasteiger partial charge in [-0.05, 0) is 12.2 Å². The fourth-order valence-corrected chi connectivity index (χ4v) is 0.877. The van der Waals surface area contributed by atoms with Crippen molar-refractivity contribution in [2.45, 2.75) is 0 Å². The summed E-state index contributed by atoms with van der Waals surface area (Å²) in [5.74, 6) is 2.01. The molecule has 1 heterocycles. The second-order valence-corrected chi connectivity index (χ2v) is 2.30. The van der Waals surface area contributed by atoms with Crippen LogP contribution in [0.5, 0.6) is 0 Å². The van der Waals surface area contributed by atoms with Gasteiger partial charge in [0.25, 0.3) is 0 Å². The van der Waals surface area contributed by atoms with Gasteiger partial charge in [0.1, 0.15) is 7.05 Å². The highest BCUT2D eigenvalue weighted by Gasteiger charge is 1.79. The third kappa shape index (κ3) is 1.30. The van der Waals surface area contributed by atoms with Crippen LogP contribution >= 0.6 is 11.5 Å². The van der Waals surface area contributed by atoms with Gasteiger partial charge in [0.05, 0.1) is 5.76 Å². The molecule has 42 valence electrons. The zero-order valence-electron chi connectivity index (χ0n) is 4.71. The minimum Gasteiger partial charge on any atom is -0.398 e. The van der Waals surface area contributed by atoms with Gasteiger partial charge >= 0.3 is 0 Å². The molecule has 0 saturated heterocycles. The Morgan fingerprint density at radius 3 is 2.75 bits per heavy atom. The average Bonchev–Trinajstić information content (AvgIpc) is 1.64. The highest BCUT2D eigenvalue weighted by molar-refractivity contribution is 7.00. The SMILES string of the molecule is C[n+]1ccc[b-](Cl)c1. The fourth-order valence-electron chi connectivity index (χ4n) is 0.616. The molecule has 0 saturated carbocycles. The monoisotopic (exact) mass is 127 g/mol. The van der Waals surface area contributed by atoms with E-state index in [1.165, 1.54) is 0 Å². The molecule has 1 aromatic heterocycles. The lowest BCUT2D eigenvalue weighted by Gasteiger charge is -1.93. The van der Waals surface area contributed by atoms with E-state index in [0.29, 0.717) is 0 Å². The van der Waals surface area contributed by atoms with Crippen molar-refractivity contribution in [3.05, 3.63) is 24.3 Å². The predicted octanol–water partition coefficient (Wildman–Crippen LogP) is 0.539. The molecule has 1 nitrogen and oxygen atoms in total. The topological polar surface area (TPSA) is 3.88 Å². The average molecular weight is 127 g/mol. The Kier molecular flexibility index (Phi) is 1.64. The second-order valence-electron chi connectivity index (χ2n) is 1.79. The first-order valence-corrected chi connectivity index (χ1v) is 2.95. The number of rotatable bonds is 0. The number of aromatic nitrogens is 1. The lowest BCUT2D eigenvalue weighted by atomic mass is 9.98. The van der Waals surface area contributed by atoms with E-state index >= 15 is 0 Å². The maximum absolute atomic E-state index is 5.71. The van der Waals surface area contributed by atoms with E-state index in [-0.39, 0.29) is 5.76 Å². The first-order valence-electron chi connectivity index (χ1n) is 2.52. The lowest BCUT2D eigenvalue weighted by molar-refractivity contribution is -0.669. The first kappa shape index (κ1) is 5.77. The van der Waals surface area contributed by atoms with Gasteiger partial charge in [0, 0.05) is 0 Å². The Morgan fingerprint density at radius 2 is 2.38 bits per heavy atom. The van der Waals surface area contributed by atoms with Crippen molar-refractivity contribution in [3.63, 3.8) is 0 Å². The molecule has 0 aliphatic rings. The van der Waals surface area contributed by atoms with E-state index < -0.39 is 0 Å². The molecule has 0 bridgehead atoms. The zero-order valence-corrected chi connectivity index (χ0v) is 5.47. The van der Waals surface area contributed by atoms with Crippen molar-refractivity contribution < 1.29 is 4.57 Å². The van der Waals surface area contributed by atoms with E-state index in [1.54, 1.807) is 0 Å². The minimum atomic E-state index is 0.0741. The van der Waals surface area contributed by atoms with Crippen LogP contribution in [0.3, 0.4) is 0 Å². The summed E-state index contributed by atoms with van der Waals surface area (Å²) >= 11 is 5.71. The third-order valence-corrected chi connectivity index (χ3v) is 1.25. The summed E-state index contributed by atoms with van der Waals surface area (Å²) in [6.45, 7) is 0. The molecular formula is C5H7BClN. The van der Waals surface area contributed by atoms with Crippen LogP contribution in [0, 0.1) is 0 Å². The molecule has 0 aromatic carbocycles. The van der Waals surface area contributed by atoms with Gasteiger partial charge in [0.2, 0.25) is 0 Å². The molecule has 0 aliphatic carbocycles. The zero-order chi connectivity index (χ0) is 5.98. The summed E-state index contributed by atoms with van der Waals surface area (Å²) < 4.78 is 1.94. The summed E-state index contributed by atoms with van der Waals surface area (Å²) in [5, 5.41) is 0. The van der Waals surface area contributed by atoms with E-state index in [9.17, 15) is 0 Å². The first-order chi connectivity index (χ1) is 3.79. The van der Waals surface area contributed by atoms with Gasteiger partial charge < -0.3 is 11.5 Å². The van der Waals surface area contributed by atoms with Gasteiger partial charge in [-0.15, -0.1) is 0 Å². The summed E-state index contributed by atoms with van der Waals surface area (Å²) in [6.07, 6.45) is 3.89. The molecule has 0 unspecified atom stereocenters. The molecule has 0 atom stereocenters. The van der Waals surface area contributed by atoms with Gasteiger partial charge in [0.15, 0.2) is 6.20 Å². The quantitative estimate of drug-likeness (QED) is 0.448. The number of hydrogen-bond donors (Lipinski definition) is 0. The van der Waals surface area contributed by atoms with E-state index in [0.717, 1.165) is 0 Å². The van der Waals surface area contributed by atoms with E-state index in [2.05, 4.69) is 0 Å². The number of nitrogens with zero attached hydrogens (tertiary/aromatic N) is 1. The molecular weight excluding hydrogens is 120 g/mol.